The Balaban J connectivity index is 2.64. The van der Waals surface area contributed by atoms with E-state index in [0.29, 0.717) is 11.0 Å². The minimum atomic E-state index is 0.582. The highest BCUT2D eigenvalue weighted by molar-refractivity contribution is 6.29. The molecule has 1 aliphatic heterocycles. The van der Waals surface area contributed by atoms with E-state index in [1.807, 2.05) is 12.2 Å². The summed E-state index contributed by atoms with van der Waals surface area (Å²) in [7, 11) is 0. The molecule has 1 rings (SSSR count). The van der Waals surface area contributed by atoms with E-state index in [2.05, 4.69) is 17.4 Å². The van der Waals surface area contributed by atoms with Crippen LogP contribution in [0.5, 0.6) is 0 Å². The second kappa shape index (κ2) is 4.07. The maximum absolute atomic E-state index is 5.86. The first-order valence-corrected chi connectivity index (χ1v) is 4.10. The number of hydrogen-bond donors (Lipinski definition) is 3. The van der Waals surface area contributed by atoms with E-state index in [0.717, 1.165) is 18.4 Å². The summed E-state index contributed by atoms with van der Waals surface area (Å²) < 4.78 is 0. The fourth-order valence-electron chi connectivity index (χ4n) is 0.934. The molecular formula is C8H12ClN3. The number of nitrogens with one attached hydrogen (secondary N) is 2. The van der Waals surface area contributed by atoms with Crippen LogP contribution in [0.25, 0.3) is 0 Å². The summed E-state index contributed by atoms with van der Waals surface area (Å²) in [5.41, 5.74) is 12.0. The first-order chi connectivity index (χ1) is 5.74. The molecule has 4 N–H and O–H groups in total. The molecule has 1 heterocycles. The smallest absolute Gasteiger partial charge is 0.124 e. The van der Waals surface area contributed by atoms with Gasteiger partial charge in [0, 0.05) is 0 Å². The van der Waals surface area contributed by atoms with Crippen LogP contribution in [0.15, 0.2) is 35.3 Å². The van der Waals surface area contributed by atoms with Gasteiger partial charge in [0.15, 0.2) is 0 Å². The van der Waals surface area contributed by atoms with Gasteiger partial charge in [-0.2, -0.15) is 0 Å². The van der Waals surface area contributed by atoms with Crippen molar-refractivity contribution in [3.8, 4) is 0 Å². The molecule has 0 spiro atoms. The van der Waals surface area contributed by atoms with Gasteiger partial charge in [-0.15, -0.1) is 6.58 Å². The van der Waals surface area contributed by atoms with Gasteiger partial charge in [-0.1, -0.05) is 17.7 Å². The van der Waals surface area contributed by atoms with Crippen LogP contribution in [-0.4, -0.2) is 0 Å². The van der Waals surface area contributed by atoms with Gasteiger partial charge in [-0.25, -0.2) is 0 Å². The van der Waals surface area contributed by atoms with Gasteiger partial charge in [0.25, 0.3) is 0 Å². The highest BCUT2D eigenvalue weighted by atomic mass is 35.5. The molecule has 0 amide bonds. The SMILES string of the molecule is C=CCCC1=C(Cl)NNC(N)=C1. The van der Waals surface area contributed by atoms with Crippen LogP contribution in [0.4, 0.5) is 0 Å². The third-order valence-corrected chi connectivity index (χ3v) is 1.88. The number of allylic oxidation sites excluding steroid dienone is 3. The average Bonchev–Trinajstić information content (AvgIpc) is 2.07. The second-order valence-electron chi connectivity index (χ2n) is 2.52. The Morgan fingerprint density at radius 3 is 3.00 bits per heavy atom. The number of hydrogen-bond acceptors (Lipinski definition) is 3. The van der Waals surface area contributed by atoms with Crippen molar-refractivity contribution in [1.29, 1.82) is 0 Å². The summed E-state index contributed by atoms with van der Waals surface area (Å²) in [6.45, 7) is 3.64. The summed E-state index contributed by atoms with van der Waals surface area (Å²) in [4.78, 5) is 0. The van der Waals surface area contributed by atoms with Gasteiger partial charge in [0.1, 0.15) is 11.0 Å². The van der Waals surface area contributed by atoms with Gasteiger partial charge in [0.2, 0.25) is 0 Å². The highest BCUT2D eigenvalue weighted by Gasteiger charge is 2.06. The zero-order valence-corrected chi connectivity index (χ0v) is 7.49. The molecule has 0 fully saturated rings. The van der Waals surface area contributed by atoms with Crippen LogP contribution in [0.1, 0.15) is 12.8 Å². The van der Waals surface area contributed by atoms with Crippen molar-refractivity contribution in [3.05, 3.63) is 35.3 Å². The fraction of sp³-hybridized carbons (Fsp3) is 0.250. The lowest BCUT2D eigenvalue weighted by molar-refractivity contribution is 0.681. The van der Waals surface area contributed by atoms with Crippen LogP contribution in [0, 0.1) is 0 Å². The van der Waals surface area contributed by atoms with E-state index in [1.54, 1.807) is 0 Å². The quantitative estimate of drug-likeness (QED) is 0.459. The Labute approximate surface area is 76.9 Å². The average molecular weight is 186 g/mol. The van der Waals surface area contributed by atoms with E-state index in [1.165, 1.54) is 0 Å². The minimum Gasteiger partial charge on any atom is -0.384 e. The molecule has 0 saturated carbocycles. The molecule has 0 radical (unpaired) electrons. The molecule has 1 aliphatic rings. The van der Waals surface area contributed by atoms with Gasteiger partial charge < -0.3 is 5.73 Å². The van der Waals surface area contributed by atoms with Gasteiger partial charge in [-0.05, 0) is 24.5 Å². The first-order valence-electron chi connectivity index (χ1n) is 3.73. The predicted molar refractivity (Wildman–Crippen MR) is 50.9 cm³/mol. The van der Waals surface area contributed by atoms with Crippen molar-refractivity contribution < 1.29 is 0 Å². The lowest BCUT2D eigenvalue weighted by Crippen LogP contribution is -2.35. The molecule has 0 bridgehead atoms. The first kappa shape index (κ1) is 9.00. The number of hydrazine groups is 1. The number of halogens is 1. The zero-order valence-electron chi connectivity index (χ0n) is 6.73. The van der Waals surface area contributed by atoms with Crippen molar-refractivity contribution in [1.82, 2.24) is 10.9 Å². The standard InChI is InChI=1S/C8H12ClN3/c1-2-3-4-6-5-7(10)11-12-8(6)9/h2,5,11-12H,1,3-4,10H2. The van der Waals surface area contributed by atoms with Crippen LogP contribution in [0.2, 0.25) is 0 Å². The third-order valence-electron chi connectivity index (χ3n) is 1.55. The molecule has 0 aromatic carbocycles. The molecule has 66 valence electrons. The van der Waals surface area contributed by atoms with Crippen molar-refractivity contribution >= 4 is 11.6 Å². The summed E-state index contributed by atoms with van der Waals surface area (Å²) in [5, 5.41) is 0.603. The summed E-state index contributed by atoms with van der Waals surface area (Å²) in [6.07, 6.45) is 5.43. The number of nitrogens with two attached hydrogens (primary N) is 1. The monoisotopic (exact) mass is 185 g/mol. The van der Waals surface area contributed by atoms with E-state index in [9.17, 15) is 0 Å². The summed E-state index contributed by atoms with van der Waals surface area (Å²) in [5.74, 6) is 0.582. The molecule has 0 aliphatic carbocycles. The second-order valence-corrected chi connectivity index (χ2v) is 2.89. The largest absolute Gasteiger partial charge is 0.384 e. The molecule has 0 atom stereocenters. The molecule has 4 heteroatoms. The van der Waals surface area contributed by atoms with Crippen LogP contribution in [-0.2, 0) is 0 Å². The Bertz CT molecular complexity index is 243. The van der Waals surface area contributed by atoms with Gasteiger partial charge in [-0.3, -0.25) is 10.9 Å². The topological polar surface area (TPSA) is 50.1 Å². The minimum absolute atomic E-state index is 0.582. The third kappa shape index (κ3) is 2.20. The molecule has 12 heavy (non-hydrogen) atoms. The Morgan fingerprint density at radius 2 is 2.33 bits per heavy atom. The van der Waals surface area contributed by atoms with Crippen molar-refractivity contribution in [2.45, 2.75) is 12.8 Å². The van der Waals surface area contributed by atoms with E-state index >= 15 is 0 Å². The number of rotatable bonds is 3. The highest BCUT2D eigenvalue weighted by Crippen LogP contribution is 2.16. The molecule has 0 aromatic rings. The van der Waals surface area contributed by atoms with E-state index in [-0.39, 0.29) is 0 Å². The molecule has 0 aromatic heterocycles. The van der Waals surface area contributed by atoms with E-state index in [4.69, 9.17) is 17.3 Å². The zero-order chi connectivity index (χ0) is 8.97. The predicted octanol–water partition coefficient (Wildman–Crippen LogP) is 1.31. The lowest BCUT2D eigenvalue weighted by atomic mass is 10.1. The van der Waals surface area contributed by atoms with Gasteiger partial charge in [0.05, 0.1) is 0 Å². The van der Waals surface area contributed by atoms with Crippen molar-refractivity contribution in [2.24, 2.45) is 5.73 Å². The summed E-state index contributed by atoms with van der Waals surface area (Å²) in [6, 6.07) is 0. The molecular weight excluding hydrogens is 174 g/mol. The molecule has 0 saturated heterocycles. The lowest BCUT2D eigenvalue weighted by Gasteiger charge is -2.17. The maximum atomic E-state index is 5.86. The Hall–Kier alpha value is -1.09. The van der Waals surface area contributed by atoms with Crippen molar-refractivity contribution in [2.75, 3.05) is 0 Å². The van der Waals surface area contributed by atoms with Crippen LogP contribution < -0.4 is 16.6 Å². The van der Waals surface area contributed by atoms with Crippen LogP contribution in [0.3, 0.4) is 0 Å². The van der Waals surface area contributed by atoms with Crippen molar-refractivity contribution in [3.63, 3.8) is 0 Å². The molecule has 3 nitrogen and oxygen atoms in total. The molecule has 0 unspecified atom stereocenters. The fourth-order valence-corrected chi connectivity index (χ4v) is 1.13. The normalized spacial score (nSPS) is 16.2. The van der Waals surface area contributed by atoms with E-state index < -0.39 is 0 Å². The summed E-state index contributed by atoms with van der Waals surface area (Å²) >= 11 is 5.86. The van der Waals surface area contributed by atoms with Crippen LogP contribution >= 0.6 is 11.6 Å². The maximum Gasteiger partial charge on any atom is 0.124 e. The Kier molecular flexibility index (Phi) is 3.05. The Morgan fingerprint density at radius 1 is 1.58 bits per heavy atom. The van der Waals surface area contributed by atoms with Gasteiger partial charge >= 0.3 is 0 Å².